The lowest BCUT2D eigenvalue weighted by atomic mass is 10.1. The predicted molar refractivity (Wildman–Crippen MR) is 89.7 cm³/mol. The first-order valence-electron chi connectivity index (χ1n) is 7.03. The number of ether oxygens (including phenoxy) is 1. The molecule has 0 aliphatic rings. The van der Waals surface area contributed by atoms with Crippen molar-refractivity contribution in [2.75, 3.05) is 13.7 Å². The van der Waals surface area contributed by atoms with E-state index in [0.29, 0.717) is 5.84 Å². The average Bonchev–Trinajstić information content (AvgIpc) is 3.01. The highest BCUT2D eigenvalue weighted by Crippen LogP contribution is 2.25. The lowest BCUT2D eigenvalue weighted by molar-refractivity contribution is 0.313. The third kappa shape index (κ3) is 4.31. The molecule has 0 unspecified atom stereocenters. The molecule has 2 aromatic rings. The van der Waals surface area contributed by atoms with Gasteiger partial charge in [-0.3, -0.25) is 0 Å². The Morgan fingerprint density at radius 2 is 2.24 bits per heavy atom. The second-order valence-electron chi connectivity index (χ2n) is 4.65. The van der Waals surface area contributed by atoms with E-state index in [-0.39, 0.29) is 0 Å². The molecule has 0 spiro atoms. The Morgan fingerprint density at radius 1 is 1.38 bits per heavy atom. The van der Waals surface area contributed by atoms with Crippen LogP contribution in [0.15, 0.2) is 40.7 Å². The molecule has 112 valence electrons. The molecule has 0 atom stereocenters. The second kappa shape index (κ2) is 7.81. The molecule has 1 aromatic heterocycles. The quantitative estimate of drug-likeness (QED) is 0.609. The monoisotopic (exact) mass is 303 g/mol. The Bertz CT molecular complexity index is 594. The molecular formula is C16H21N3OS. The van der Waals surface area contributed by atoms with E-state index in [1.54, 1.807) is 11.3 Å². The summed E-state index contributed by atoms with van der Waals surface area (Å²) in [6, 6.07) is 9.85. The summed E-state index contributed by atoms with van der Waals surface area (Å²) < 4.78 is 5.75. The third-order valence-corrected chi connectivity index (χ3v) is 3.79. The number of amidine groups is 1. The minimum atomic E-state index is 0.544. The second-order valence-corrected chi connectivity index (χ2v) is 5.59. The Labute approximate surface area is 129 Å². The van der Waals surface area contributed by atoms with Crippen LogP contribution in [-0.4, -0.2) is 19.5 Å². The van der Waals surface area contributed by atoms with Gasteiger partial charge >= 0.3 is 0 Å². The van der Waals surface area contributed by atoms with E-state index in [4.69, 9.17) is 10.5 Å². The number of hydrogen-bond acceptors (Lipinski definition) is 4. The molecule has 0 saturated heterocycles. The van der Waals surface area contributed by atoms with Gasteiger partial charge in [0.25, 0.3) is 0 Å². The van der Waals surface area contributed by atoms with Crippen molar-refractivity contribution in [1.82, 2.24) is 5.32 Å². The summed E-state index contributed by atoms with van der Waals surface area (Å²) in [6.45, 7) is 3.55. The molecule has 1 aromatic carbocycles. The number of nitrogens with zero attached hydrogens (tertiary/aromatic N) is 1. The van der Waals surface area contributed by atoms with Crippen molar-refractivity contribution in [1.29, 1.82) is 0 Å². The number of rotatable bonds is 7. The van der Waals surface area contributed by atoms with Gasteiger partial charge in [0.05, 0.1) is 17.2 Å². The van der Waals surface area contributed by atoms with Crippen LogP contribution in [-0.2, 0) is 6.54 Å². The molecule has 0 radical (unpaired) electrons. The van der Waals surface area contributed by atoms with Crippen LogP contribution in [0.4, 0.5) is 5.69 Å². The van der Waals surface area contributed by atoms with E-state index >= 15 is 0 Å². The van der Waals surface area contributed by atoms with Crippen LogP contribution in [0.5, 0.6) is 5.75 Å². The Hall–Kier alpha value is -1.85. The van der Waals surface area contributed by atoms with Gasteiger partial charge in [0, 0.05) is 12.1 Å². The molecule has 2 rings (SSSR count). The Morgan fingerprint density at radius 3 is 2.90 bits per heavy atom. The first-order valence-corrected chi connectivity index (χ1v) is 7.91. The molecule has 1 heterocycles. The first kappa shape index (κ1) is 15.5. The normalized spacial score (nSPS) is 11.6. The van der Waals surface area contributed by atoms with E-state index in [1.165, 1.54) is 0 Å². The molecule has 0 aliphatic heterocycles. The highest BCUT2D eigenvalue weighted by molar-refractivity contribution is 7.12. The summed E-state index contributed by atoms with van der Waals surface area (Å²) >= 11 is 1.59. The fourth-order valence-corrected chi connectivity index (χ4v) is 2.56. The molecule has 4 nitrogen and oxygen atoms in total. The largest absolute Gasteiger partial charge is 0.493 e. The molecule has 0 fully saturated rings. The van der Waals surface area contributed by atoms with Gasteiger partial charge in [-0.15, -0.1) is 11.3 Å². The van der Waals surface area contributed by atoms with Crippen molar-refractivity contribution in [2.24, 2.45) is 10.7 Å². The Kier molecular flexibility index (Phi) is 5.78. The third-order valence-electron chi connectivity index (χ3n) is 2.90. The number of thiophene rings is 1. The van der Waals surface area contributed by atoms with Gasteiger partial charge in [0.1, 0.15) is 11.6 Å². The van der Waals surface area contributed by atoms with Crippen molar-refractivity contribution < 1.29 is 4.74 Å². The lowest BCUT2D eigenvalue weighted by Gasteiger charge is -2.11. The SMILES string of the molecule is CCCOc1ccc(N=C(N)c2cccs2)cc1CNC. The van der Waals surface area contributed by atoms with Gasteiger partial charge in [-0.1, -0.05) is 13.0 Å². The zero-order valence-corrected chi connectivity index (χ0v) is 13.2. The number of nitrogens with one attached hydrogen (secondary N) is 1. The van der Waals surface area contributed by atoms with Crippen LogP contribution in [0.1, 0.15) is 23.8 Å². The zero-order valence-electron chi connectivity index (χ0n) is 12.4. The summed E-state index contributed by atoms with van der Waals surface area (Å²) in [5.41, 5.74) is 7.96. The predicted octanol–water partition coefficient (Wildman–Crippen LogP) is 3.29. The van der Waals surface area contributed by atoms with Gasteiger partial charge in [-0.2, -0.15) is 0 Å². The summed E-state index contributed by atoms with van der Waals surface area (Å²) in [5, 5.41) is 5.14. The van der Waals surface area contributed by atoms with Crippen LogP contribution in [0.25, 0.3) is 0 Å². The number of benzene rings is 1. The molecule has 0 aliphatic carbocycles. The van der Waals surface area contributed by atoms with Crippen molar-refractivity contribution in [2.45, 2.75) is 19.9 Å². The molecule has 21 heavy (non-hydrogen) atoms. The molecular weight excluding hydrogens is 282 g/mol. The summed E-state index contributed by atoms with van der Waals surface area (Å²) in [6.07, 6.45) is 0.990. The minimum absolute atomic E-state index is 0.544. The molecule has 0 bridgehead atoms. The number of hydrogen-bond donors (Lipinski definition) is 2. The van der Waals surface area contributed by atoms with E-state index in [0.717, 1.165) is 41.4 Å². The summed E-state index contributed by atoms with van der Waals surface area (Å²) in [4.78, 5) is 5.47. The molecule has 5 heteroatoms. The van der Waals surface area contributed by atoms with Crippen molar-refractivity contribution in [3.8, 4) is 5.75 Å². The van der Waals surface area contributed by atoms with Crippen molar-refractivity contribution in [3.05, 3.63) is 46.2 Å². The smallest absolute Gasteiger partial charge is 0.141 e. The maximum atomic E-state index is 6.03. The van der Waals surface area contributed by atoms with Gasteiger partial charge in [0.15, 0.2) is 0 Å². The fourth-order valence-electron chi connectivity index (χ4n) is 1.94. The van der Waals surface area contributed by atoms with E-state index in [2.05, 4.69) is 17.2 Å². The Balaban J connectivity index is 2.24. The highest BCUT2D eigenvalue weighted by atomic mass is 32.1. The van der Waals surface area contributed by atoms with Crippen LogP contribution >= 0.6 is 11.3 Å². The molecule has 0 saturated carbocycles. The van der Waals surface area contributed by atoms with Crippen LogP contribution in [0, 0.1) is 0 Å². The van der Waals surface area contributed by atoms with Crippen LogP contribution in [0.2, 0.25) is 0 Å². The number of aliphatic imine (C=N–C) groups is 1. The van der Waals surface area contributed by atoms with Crippen molar-refractivity contribution >= 4 is 22.9 Å². The first-order chi connectivity index (χ1) is 10.2. The highest BCUT2D eigenvalue weighted by Gasteiger charge is 2.06. The number of nitrogens with two attached hydrogens (primary N) is 1. The van der Waals surface area contributed by atoms with E-state index in [9.17, 15) is 0 Å². The minimum Gasteiger partial charge on any atom is -0.493 e. The maximum Gasteiger partial charge on any atom is 0.141 e. The average molecular weight is 303 g/mol. The fraction of sp³-hybridized carbons (Fsp3) is 0.312. The van der Waals surface area contributed by atoms with Gasteiger partial charge in [-0.25, -0.2) is 4.99 Å². The standard InChI is InChI=1S/C16H21N3OS/c1-3-8-20-14-7-6-13(10-12(14)11-18-2)19-16(17)15-5-4-9-21-15/h4-7,9-10,18H,3,8,11H2,1-2H3,(H2,17,19). The zero-order chi connectivity index (χ0) is 15.1. The summed E-state index contributed by atoms with van der Waals surface area (Å²) in [7, 11) is 1.92. The van der Waals surface area contributed by atoms with E-state index in [1.807, 2.05) is 42.8 Å². The maximum absolute atomic E-state index is 6.03. The topological polar surface area (TPSA) is 59.6 Å². The van der Waals surface area contributed by atoms with Gasteiger partial charge < -0.3 is 15.8 Å². The van der Waals surface area contributed by atoms with Gasteiger partial charge in [-0.05, 0) is 43.1 Å². The van der Waals surface area contributed by atoms with E-state index < -0.39 is 0 Å². The molecule has 3 N–H and O–H groups in total. The molecule has 0 amide bonds. The van der Waals surface area contributed by atoms with Crippen molar-refractivity contribution in [3.63, 3.8) is 0 Å². The van der Waals surface area contributed by atoms with Crippen LogP contribution < -0.4 is 15.8 Å². The van der Waals surface area contributed by atoms with Crippen LogP contribution in [0.3, 0.4) is 0 Å². The lowest BCUT2D eigenvalue weighted by Crippen LogP contribution is -2.11. The van der Waals surface area contributed by atoms with Gasteiger partial charge in [0.2, 0.25) is 0 Å². The summed E-state index contributed by atoms with van der Waals surface area (Å²) in [5.74, 6) is 1.45.